The summed E-state index contributed by atoms with van der Waals surface area (Å²) in [4.78, 5) is 26.3. The lowest BCUT2D eigenvalue weighted by Crippen LogP contribution is -2.29. The third-order valence-electron chi connectivity index (χ3n) is 4.28. The van der Waals surface area contributed by atoms with Gasteiger partial charge in [0, 0.05) is 29.5 Å². The van der Waals surface area contributed by atoms with E-state index in [9.17, 15) is 9.59 Å². The predicted molar refractivity (Wildman–Crippen MR) is 114 cm³/mol. The third-order valence-corrected chi connectivity index (χ3v) is 4.77. The molecule has 6 heteroatoms. The molecule has 2 N–H and O–H groups in total. The first-order valence-corrected chi connectivity index (χ1v) is 9.81. The number of amides is 2. The Morgan fingerprint density at radius 2 is 1.70 bits per heavy atom. The second kappa shape index (κ2) is 9.67. The number of halogens is 1. The molecule has 2 aromatic rings. The fourth-order valence-electron chi connectivity index (χ4n) is 2.77. The van der Waals surface area contributed by atoms with E-state index < -0.39 is 0 Å². The van der Waals surface area contributed by atoms with Gasteiger partial charge in [0.25, 0.3) is 5.91 Å². The number of hydrogen-bond donors (Lipinski definition) is 2. The third kappa shape index (κ3) is 6.19. The maximum Gasteiger partial charge on any atom is 0.255 e. The van der Waals surface area contributed by atoms with Crippen LogP contribution < -0.4 is 10.6 Å². The van der Waals surface area contributed by atoms with E-state index in [2.05, 4.69) is 52.2 Å². The van der Waals surface area contributed by atoms with Crippen LogP contribution >= 0.6 is 15.9 Å². The molecule has 2 amide bonds. The molecular weight excluding hydrogens is 406 g/mol. The molecule has 0 atom stereocenters. The fourth-order valence-corrected chi connectivity index (χ4v) is 3.13. The molecule has 0 spiro atoms. The van der Waals surface area contributed by atoms with Crippen LogP contribution in [0.1, 0.15) is 43.6 Å². The molecule has 0 fully saturated rings. The van der Waals surface area contributed by atoms with E-state index in [0.717, 1.165) is 17.6 Å². The van der Waals surface area contributed by atoms with Crippen LogP contribution in [-0.4, -0.2) is 29.3 Å². The number of carbonyl (C=O) groups excluding carboxylic acids is 2. The molecule has 0 unspecified atom stereocenters. The highest BCUT2D eigenvalue weighted by atomic mass is 79.9. The highest BCUT2D eigenvalue weighted by Crippen LogP contribution is 2.26. The molecule has 2 aromatic carbocycles. The normalized spacial score (nSPS) is 10.9. The van der Waals surface area contributed by atoms with Gasteiger partial charge in [0.1, 0.15) is 0 Å². The average molecular weight is 432 g/mol. The summed E-state index contributed by atoms with van der Waals surface area (Å²) in [6, 6.07) is 13.4. The van der Waals surface area contributed by atoms with Gasteiger partial charge < -0.3 is 10.6 Å². The van der Waals surface area contributed by atoms with Crippen molar-refractivity contribution in [2.45, 2.75) is 40.3 Å². The second-order valence-electron chi connectivity index (χ2n) is 6.68. The number of anilines is 2. The lowest BCUT2D eigenvalue weighted by molar-refractivity contribution is -0.114. The van der Waals surface area contributed by atoms with Crippen LogP contribution in [0.4, 0.5) is 11.4 Å². The van der Waals surface area contributed by atoms with Crippen LogP contribution in [0.25, 0.3) is 0 Å². The Balaban J connectivity index is 2.13. The molecule has 0 aromatic heterocycles. The Morgan fingerprint density at radius 3 is 2.26 bits per heavy atom. The van der Waals surface area contributed by atoms with E-state index in [0.29, 0.717) is 23.0 Å². The van der Waals surface area contributed by atoms with Gasteiger partial charge >= 0.3 is 0 Å². The van der Waals surface area contributed by atoms with Crippen molar-refractivity contribution in [3.8, 4) is 0 Å². The number of nitrogens with one attached hydrogen (secondary N) is 2. The van der Waals surface area contributed by atoms with Crippen molar-refractivity contribution >= 4 is 39.1 Å². The molecule has 144 valence electrons. The molecule has 0 radical (unpaired) electrons. The van der Waals surface area contributed by atoms with Crippen molar-refractivity contribution < 1.29 is 9.59 Å². The molecular formula is C21H26BrN3O2. The first-order chi connectivity index (χ1) is 12.8. The van der Waals surface area contributed by atoms with Crippen molar-refractivity contribution in [2.75, 3.05) is 17.2 Å². The van der Waals surface area contributed by atoms with Crippen molar-refractivity contribution in [1.29, 1.82) is 0 Å². The Labute approximate surface area is 169 Å². The zero-order valence-corrected chi connectivity index (χ0v) is 17.8. The fraction of sp³-hybridized carbons (Fsp3) is 0.333. The molecule has 2 rings (SSSR count). The lowest BCUT2D eigenvalue weighted by Gasteiger charge is -2.24. The Hall–Kier alpha value is -2.18. The summed E-state index contributed by atoms with van der Waals surface area (Å²) >= 11 is 3.39. The van der Waals surface area contributed by atoms with Crippen molar-refractivity contribution in [1.82, 2.24) is 4.90 Å². The molecule has 0 saturated carbocycles. The summed E-state index contributed by atoms with van der Waals surface area (Å²) < 4.78 is 0.815. The molecule has 0 aliphatic rings. The summed E-state index contributed by atoms with van der Waals surface area (Å²) in [5.74, 6) is -0.412. The first-order valence-electron chi connectivity index (χ1n) is 9.01. The first kappa shape index (κ1) is 21.1. The number of benzene rings is 2. The number of hydrogen-bond acceptors (Lipinski definition) is 3. The maximum absolute atomic E-state index is 12.6. The molecule has 0 bridgehead atoms. The van der Waals surface area contributed by atoms with Gasteiger partial charge in [-0.1, -0.05) is 35.0 Å². The standard InChI is InChI=1S/C21H26BrN3O2/c1-5-25(14(2)3)13-16-6-8-17(9-7-16)21(27)24-20-12-18(22)10-11-19(20)23-15(4)26/h6-12,14H,5,13H2,1-4H3,(H,23,26)(H,24,27). The average Bonchev–Trinajstić information content (AvgIpc) is 2.61. The molecule has 0 heterocycles. The number of nitrogens with zero attached hydrogens (tertiary/aromatic N) is 1. The van der Waals surface area contributed by atoms with E-state index in [-0.39, 0.29) is 11.8 Å². The van der Waals surface area contributed by atoms with E-state index in [4.69, 9.17) is 0 Å². The van der Waals surface area contributed by atoms with Crippen LogP contribution in [0, 0.1) is 0 Å². The summed E-state index contributed by atoms with van der Waals surface area (Å²) in [5, 5.41) is 5.59. The number of rotatable bonds is 7. The minimum atomic E-state index is -0.220. The maximum atomic E-state index is 12.6. The van der Waals surface area contributed by atoms with Crippen LogP contribution in [0.15, 0.2) is 46.9 Å². The van der Waals surface area contributed by atoms with Gasteiger partial charge in [-0.3, -0.25) is 14.5 Å². The Morgan fingerprint density at radius 1 is 1.04 bits per heavy atom. The van der Waals surface area contributed by atoms with Gasteiger partial charge in [-0.25, -0.2) is 0 Å². The van der Waals surface area contributed by atoms with Crippen LogP contribution in [-0.2, 0) is 11.3 Å². The van der Waals surface area contributed by atoms with Crippen LogP contribution in [0.5, 0.6) is 0 Å². The van der Waals surface area contributed by atoms with Gasteiger partial charge in [-0.15, -0.1) is 0 Å². The van der Waals surface area contributed by atoms with Crippen LogP contribution in [0.2, 0.25) is 0 Å². The van der Waals surface area contributed by atoms with Gasteiger partial charge in [-0.2, -0.15) is 0 Å². The van der Waals surface area contributed by atoms with Crippen molar-refractivity contribution in [2.24, 2.45) is 0 Å². The molecule has 27 heavy (non-hydrogen) atoms. The van der Waals surface area contributed by atoms with Gasteiger partial charge in [0.15, 0.2) is 0 Å². The van der Waals surface area contributed by atoms with Crippen molar-refractivity contribution in [3.05, 3.63) is 58.1 Å². The van der Waals surface area contributed by atoms with Gasteiger partial charge in [0.2, 0.25) is 5.91 Å². The summed E-state index contributed by atoms with van der Waals surface area (Å²) in [6.45, 7) is 9.77. The summed E-state index contributed by atoms with van der Waals surface area (Å²) in [6.07, 6.45) is 0. The molecule has 0 aliphatic heterocycles. The van der Waals surface area contributed by atoms with E-state index >= 15 is 0 Å². The van der Waals surface area contributed by atoms with Gasteiger partial charge in [-0.05, 0) is 56.3 Å². The quantitative estimate of drug-likeness (QED) is 0.655. The Kier molecular flexibility index (Phi) is 7.56. The minimum Gasteiger partial charge on any atom is -0.325 e. The summed E-state index contributed by atoms with van der Waals surface area (Å²) in [5.41, 5.74) is 2.85. The molecule has 0 aliphatic carbocycles. The molecule has 0 saturated heterocycles. The topological polar surface area (TPSA) is 61.4 Å². The van der Waals surface area contributed by atoms with Gasteiger partial charge in [0.05, 0.1) is 11.4 Å². The SMILES string of the molecule is CCN(Cc1ccc(C(=O)Nc2cc(Br)ccc2NC(C)=O)cc1)C(C)C. The highest BCUT2D eigenvalue weighted by molar-refractivity contribution is 9.10. The lowest BCUT2D eigenvalue weighted by atomic mass is 10.1. The van der Waals surface area contributed by atoms with E-state index in [1.165, 1.54) is 12.5 Å². The van der Waals surface area contributed by atoms with E-state index in [1.807, 2.05) is 30.3 Å². The number of carbonyl (C=O) groups is 2. The largest absolute Gasteiger partial charge is 0.325 e. The minimum absolute atomic E-state index is 0.192. The van der Waals surface area contributed by atoms with Crippen LogP contribution in [0.3, 0.4) is 0 Å². The summed E-state index contributed by atoms with van der Waals surface area (Å²) in [7, 11) is 0. The predicted octanol–water partition coefficient (Wildman–Crippen LogP) is 4.89. The Bertz CT molecular complexity index is 804. The highest BCUT2D eigenvalue weighted by Gasteiger charge is 2.12. The smallest absolute Gasteiger partial charge is 0.255 e. The zero-order chi connectivity index (χ0) is 20.0. The second-order valence-corrected chi connectivity index (χ2v) is 7.59. The molecule has 5 nitrogen and oxygen atoms in total. The van der Waals surface area contributed by atoms with Crippen molar-refractivity contribution in [3.63, 3.8) is 0 Å². The zero-order valence-electron chi connectivity index (χ0n) is 16.2. The monoisotopic (exact) mass is 431 g/mol. The van der Waals surface area contributed by atoms with E-state index in [1.54, 1.807) is 12.1 Å².